The molecule has 1 amide bonds. The van der Waals surface area contributed by atoms with Crippen LogP contribution in [0.1, 0.15) is 12.8 Å². The Bertz CT molecular complexity index is 120. The minimum atomic E-state index is -0.702. The summed E-state index contributed by atoms with van der Waals surface area (Å²) in [6.07, 6.45) is 0.788. The lowest BCUT2D eigenvalue weighted by Crippen LogP contribution is -2.43. The Balaban J connectivity index is 2.11. The van der Waals surface area contributed by atoms with Crippen LogP contribution in [-0.2, 0) is 4.74 Å². The molecular weight excluding hydrogens is 120 g/mol. The number of hydrogen-bond donors (Lipinski definition) is 2. The molecule has 1 fully saturated rings. The number of ether oxygens (including phenoxy) is 1. The molecule has 1 aliphatic carbocycles. The predicted octanol–water partition coefficient (Wildman–Crippen LogP) is -0.429. The van der Waals surface area contributed by atoms with Crippen LogP contribution in [0.3, 0.4) is 0 Å². The van der Waals surface area contributed by atoms with E-state index < -0.39 is 6.09 Å². The van der Waals surface area contributed by atoms with Crippen molar-refractivity contribution in [1.29, 1.82) is 0 Å². The molecule has 9 heavy (non-hydrogen) atoms. The molecule has 0 aromatic carbocycles. The molecule has 0 heterocycles. The summed E-state index contributed by atoms with van der Waals surface area (Å²) >= 11 is 0. The summed E-state index contributed by atoms with van der Waals surface area (Å²) in [4.78, 5) is 10.1. The molecule has 1 rings (SSSR count). The highest BCUT2D eigenvalue weighted by molar-refractivity contribution is 5.64. The van der Waals surface area contributed by atoms with Gasteiger partial charge in [0, 0.05) is 6.04 Å². The molecule has 0 saturated heterocycles. The normalized spacial score (nSPS) is 33.0. The molecule has 0 aliphatic heterocycles. The first kappa shape index (κ1) is 6.35. The number of carbonyl (C=O) groups is 1. The smallest absolute Gasteiger partial charge is 0.404 e. The van der Waals surface area contributed by atoms with Gasteiger partial charge in [-0.25, -0.2) is 4.79 Å². The first-order chi connectivity index (χ1) is 4.18. The second-order valence-corrected chi connectivity index (χ2v) is 2.29. The van der Waals surface area contributed by atoms with Gasteiger partial charge in [-0.3, -0.25) is 0 Å². The second kappa shape index (κ2) is 2.23. The summed E-state index contributed by atoms with van der Waals surface area (Å²) < 4.78 is 4.62. The highest BCUT2D eigenvalue weighted by Gasteiger charge is 2.28. The van der Waals surface area contributed by atoms with Crippen molar-refractivity contribution in [2.45, 2.75) is 25.0 Å². The molecule has 0 aromatic rings. The summed E-state index contributed by atoms with van der Waals surface area (Å²) in [6, 6.07) is 0.203. The lowest BCUT2D eigenvalue weighted by atomic mass is 9.90. The second-order valence-electron chi connectivity index (χ2n) is 2.29. The third-order valence-corrected chi connectivity index (χ3v) is 1.41. The lowest BCUT2D eigenvalue weighted by molar-refractivity contribution is 0.0473. The molecule has 0 spiro atoms. The maximum absolute atomic E-state index is 10.1. The largest absolute Gasteiger partial charge is 0.446 e. The van der Waals surface area contributed by atoms with Crippen LogP contribution in [0, 0.1) is 0 Å². The average molecular weight is 130 g/mol. The van der Waals surface area contributed by atoms with E-state index in [-0.39, 0.29) is 12.1 Å². The van der Waals surface area contributed by atoms with Crippen molar-refractivity contribution in [3.8, 4) is 0 Å². The topological polar surface area (TPSA) is 78.3 Å². The molecule has 52 valence electrons. The van der Waals surface area contributed by atoms with Crippen molar-refractivity contribution in [2.24, 2.45) is 11.5 Å². The number of primary amides is 1. The van der Waals surface area contributed by atoms with E-state index in [1.807, 2.05) is 0 Å². The number of amides is 1. The third-order valence-electron chi connectivity index (χ3n) is 1.41. The van der Waals surface area contributed by atoms with Crippen LogP contribution >= 0.6 is 0 Å². The van der Waals surface area contributed by atoms with E-state index in [9.17, 15) is 4.79 Å². The van der Waals surface area contributed by atoms with Crippen molar-refractivity contribution in [2.75, 3.05) is 0 Å². The third kappa shape index (κ3) is 1.57. The molecule has 1 aliphatic rings. The van der Waals surface area contributed by atoms with E-state index in [1.54, 1.807) is 0 Å². The van der Waals surface area contributed by atoms with Crippen molar-refractivity contribution in [3.63, 3.8) is 0 Å². The summed E-state index contributed by atoms with van der Waals surface area (Å²) in [5, 5.41) is 0. The highest BCUT2D eigenvalue weighted by atomic mass is 16.6. The van der Waals surface area contributed by atoms with E-state index in [4.69, 9.17) is 11.5 Å². The van der Waals surface area contributed by atoms with Gasteiger partial charge in [-0.05, 0) is 12.8 Å². The Morgan fingerprint density at radius 2 is 2.11 bits per heavy atom. The summed E-state index contributed by atoms with van der Waals surface area (Å²) in [5.74, 6) is 0. The molecule has 0 unspecified atom stereocenters. The van der Waals surface area contributed by atoms with Gasteiger partial charge in [-0.2, -0.15) is 0 Å². The Morgan fingerprint density at radius 1 is 1.56 bits per heavy atom. The number of rotatable bonds is 1. The number of hydrogen-bond acceptors (Lipinski definition) is 3. The van der Waals surface area contributed by atoms with Crippen molar-refractivity contribution >= 4 is 6.09 Å². The summed E-state index contributed by atoms with van der Waals surface area (Å²) in [5.41, 5.74) is 10.2. The van der Waals surface area contributed by atoms with Gasteiger partial charge in [0.05, 0.1) is 0 Å². The van der Waals surface area contributed by atoms with E-state index >= 15 is 0 Å². The van der Waals surface area contributed by atoms with Crippen LogP contribution in [0.5, 0.6) is 0 Å². The molecule has 0 atom stereocenters. The summed E-state index contributed by atoms with van der Waals surface area (Å²) in [7, 11) is 0. The molecule has 1 saturated carbocycles. The zero-order chi connectivity index (χ0) is 6.85. The first-order valence-corrected chi connectivity index (χ1v) is 2.90. The van der Waals surface area contributed by atoms with E-state index in [0.29, 0.717) is 0 Å². The molecular formula is C5H10N2O2. The number of nitrogens with two attached hydrogens (primary N) is 2. The van der Waals surface area contributed by atoms with E-state index in [0.717, 1.165) is 12.8 Å². The minimum Gasteiger partial charge on any atom is -0.446 e. The van der Waals surface area contributed by atoms with Gasteiger partial charge in [-0.15, -0.1) is 0 Å². The van der Waals surface area contributed by atoms with Crippen LogP contribution in [0.2, 0.25) is 0 Å². The van der Waals surface area contributed by atoms with Crippen molar-refractivity contribution in [1.82, 2.24) is 0 Å². The van der Waals surface area contributed by atoms with Gasteiger partial charge in [0.15, 0.2) is 0 Å². The maximum atomic E-state index is 10.1. The monoisotopic (exact) mass is 130 g/mol. The zero-order valence-electron chi connectivity index (χ0n) is 5.04. The molecule has 0 radical (unpaired) electrons. The lowest BCUT2D eigenvalue weighted by Gasteiger charge is -2.30. The summed E-state index contributed by atoms with van der Waals surface area (Å²) in [6.45, 7) is 0. The van der Waals surface area contributed by atoms with Crippen LogP contribution in [0.4, 0.5) is 4.79 Å². The van der Waals surface area contributed by atoms with Gasteiger partial charge in [0.1, 0.15) is 6.10 Å². The fourth-order valence-corrected chi connectivity index (χ4v) is 0.867. The molecule has 4 N–H and O–H groups in total. The molecule has 0 bridgehead atoms. The number of carbonyl (C=O) groups excluding carboxylic acids is 1. The minimum absolute atomic E-state index is 0.0162. The molecule has 4 nitrogen and oxygen atoms in total. The Kier molecular flexibility index (Phi) is 1.57. The zero-order valence-corrected chi connectivity index (χ0v) is 5.04. The van der Waals surface area contributed by atoms with Crippen LogP contribution in [-0.4, -0.2) is 18.2 Å². The van der Waals surface area contributed by atoms with Gasteiger partial charge in [-0.1, -0.05) is 0 Å². The van der Waals surface area contributed by atoms with E-state index in [1.165, 1.54) is 0 Å². The molecule has 4 heteroatoms. The predicted molar refractivity (Wildman–Crippen MR) is 31.7 cm³/mol. The average Bonchev–Trinajstić information content (AvgIpc) is 1.60. The quantitative estimate of drug-likeness (QED) is 0.505. The standard InChI is InChI=1S/C5H10N2O2/c6-3-1-4(2-3)9-5(7)8/h3-4H,1-2,6H2,(H2,7,8)/t3-,4+. The van der Waals surface area contributed by atoms with Crippen LogP contribution < -0.4 is 11.5 Å². The van der Waals surface area contributed by atoms with Gasteiger partial charge in [0.25, 0.3) is 0 Å². The first-order valence-electron chi connectivity index (χ1n) is 2.90. The van der Waals surface area contributed by atoms with E-state index in [2.05, 4.69) is 4.74 Å². The molecule has 0 aromatic heterocycles. The maximum Gasteiger partial charge on any atom is 0.404 e. The van der Waals surface area contributed by atoms with Crippen LogP contribution in [0.15, 0.2) is 0 Å². The van der Waals surface area contributed by atoms with Gasteiger partial charge in [0.2, 0.25) is 0 Å². The Labute approximate surface area is 53.1 Å². The SMILES string of the molecule is NC(=O)O[C@H]1C[C@@H](N)C1. The Morgan fingerprint density at radius 3 is 2.44 bits per heavy atom. The van der Waals surface area contributed by atoms with Crippen molar-refractivity contribution in [3.05, 3.63) is 0 Å². The van der Waals surface area contributed by atoms with Gasteiger partial charge < -0.3 is 16.2 Å². The van der Waals surface area contributed by atoms with Crippen LogP contribution in [0.25, 0.3) is 0 Å². The fraction of sp³-hybridized carbons (Fsp3) is 0.800. The van der Waals surface area contributed by atoms with Crippen molar-refractivity contribution < 1.29 is 9.53 Å². The fourth-order valence-electron chi connectivity index (χ4n) is 0.867. The van der Waals surface area contributed by atoms with Gasteiger partial charge >= 0.3 is 6.09 Å². The highest BCUT2D eigenvalue weighted by Crippen LogP contribution is 2.20. The Hall–Kier alpha value is -0.770.